The molecule has 0 atom stereocenters. The van der Waals surface area contributed by atoms with Crippen LogP contribution in [0.1, 0.15) is 12.3 Å². The number of esters is 1. The summed E-state index contributed by atoms with van der Waals surface area (Å²) in [6.45, 7) is -0.442. The highest BCUT2D eigenvalue weighted by molar-refractivity contribution is 5.92. The molecular weight excluding hydrogens is 327 g/mol. The molecule has 2 aromatic carbocycles. The number of halogens is 1. The minimum absolute atomic E-state index is 0.0417. The van der Waals surface area contributed by atoms with Crippen molar-refractivity contribution in [3.63, 3.8) is 0 Å². The minimum Gasteiger partial charge on any atom is -0.456 e. The predicted molar refractivity (Wildman–Crippen MR) is 88.3 cm³/mol. The topological polar surface area (TPSA) is 81.4 Å². The average molecular weight is 342 g/mol. The molecule has 6 nitrogen and oxygen atoms in total. The van der Waals surface area contributed by atoms with E-state index < -0.39 is 24.3 Å². The number of nitrogens with one attached hydrogen (secondary N) is 1. The van der Waals surface area contributed by atoms with E-state index in [1.165, 1.54) is 24.3 Å². The molecule has 3 aromatic rings. The Balaban J connectivity index is 1.43. The zero-order valence-corrected chi connectivity index (χ0v) is 13.2. The van der Waals surface area contributed by atoms with Crippen LogP contribution in [0.15, 0.2) is 52.9 Å². The van der Waals surface area contributed by atoms with Gasteiger partial charge in [-0.25, -0.2) is 9.37 Å². The van der Waals surface area contributed by atoms with Gasteiger partial charge in [0, 0.05) is 12.1 Å². The molecule has 1 amide bonds. The first kappa shape index (κ1) is 16.6. The number of carbonyl (C=O) groups excluding carboxylic acids is 2. The number of benzene rings is 2. The fourth-order valence-electron chi connectivity index (χ4n) is 2.22. The third kappa shape index (κ3) is 4.63. The van der Waals surface area contributed by atoms with Crippen LogP contribution in [0, 0.1) is 5.82 Å². The van der Waals surface area contributed by atoms with Crippen molar-refractivity contribution < 1.29 is 23.1 Å². The monoisotopic (exact) mass is 342 g/mol. The van der Waals surface area contributed by atoms with Crippen LogP contribution in [0.3, 0.4) is 0 Å². The zero-order valence-electron chi connectivity index (χ0n) is 13.2. The van der Waals surface area contributed by atoms with Gasteiger partial charge in [-0.05, 0) is 30.3 Å². The van der Waals surface area contributed by atoms with Crippen molar-refractivity contribution in [1.29, 1.82) is 0 Å². The van der Waals surface area contributed by atoms with Crippen LogP contribution in [0.25, 0.3) is 11.1 Å². The number of rotatable bonds is 6. The molecule has 1 N–H and O–H groups in total. The molecule has 0 unspecified atom stereocenters. The molecule has 1 heterocycles. The van der Waals surface area contributed by atoms with E-state index >= 15 is 0 Å². The van der Waals surface area contributed by atoms with Gasteiger partial charge in [-0.1, -0.05) is 18.2 Å². The van der Waals surface area contributed by atoms with Crippen molar-refractivity contribution in [3.05, 3.63) is 60.2 Å². The lowest BCUT2D eigenvalue weighted by atomic mass is 10.3. The van der Waals surface area contributed by atoms with E-state index in [9.17, 15) is 14.0 Å². The number of nitrogens with zero attached hydrogens (tertiary/aromatic N) is 1. The number of oxazole rings is 1. The number of aryl methyl sites for hydroxylation is 1. The molecule has 0 aliphatic rings. The predicted octanol–water partition coefficient (Wildman–Crippen LogP) is 3.08. The summed E-state index contributed by atoms with van der Waals surface area (Å²) in [5.74, 6) is -1.12. The summed E-state index contributed by atoms with van der Waals surface area (Å²) in [5, 5.41) is 2.44. The highest BCUT2D eigenvalue weighted by Crippen LogP contribution is 2.15. The fourth-order valence-corrected chi connectivity index (χ4v) is 2.22. The average Bonchev–Trinajstić information content (AvgIpc) is 3.01. The lowest BCUT2D eigenvalue weighted by molar-refractivity contribution is -0.147. The Morgan fingerprint density at radius 3 is 2.80 bits per heavy atom. The maximum absolute atomic E-state index is 13.0. The maximum Gasteiger partial charge on any atom is 0.306 e. The largest absolute Gasteiger partial charge is 0.456 e. The van der Waals surface area contributed by atoms with Crippen LogP contribution in [0.5, 0.6) is 0 Å². The lowest BCUT2D eigenvalue weighted by Crippen LogP contribution is -2.21. The third-order valence-electron chi connectivity index (χ3n) is 3.35. The second kappa shape index (κ2) is 7.57. The number of hydrogen-bond donors (Lipinski definition) is 1. The quantitative estimate of drug-likeness (QED) is 0.696. The fraction of sp³-hybridized carbons (Fsp3) is 0.167. The third-order valence-corrected chi connectivity index (χ3v) is 3.35. The first-order valence-corrected chi connectivity index (χ1v) is 7.65. The second-order valence-electron chi connectivity index (χ2n) is 5.29. The number of fused-ring (bicyclic) bond motifs is 1. The molecule has 128 valence electrons. The molecule has 1 aromatic heterocycles. The summed E-state index contributed by atoms with van der Waals surface area (Å²) < 4.78 is 23.4. The van der Waals surface area contributed by atoms with Gasteiger partial charge in [0.1, 0.15) is 11.3 Å². The summed E-state index contributed by atoms with van der Waals surface area (Å²) in [4.78, 5) is 27.6. The summed E-state index contributed by atoms with van der Waals surface area (Å²) in [6.07, 6.45) is 0.319. The Labute approximate surface area is 142 Å². The van der Waals surface area contributed by atoms with Crippen LogP contribution in [0.4, 0.5) is 10.1 Å². The molecule has 0 saturated heterocycles. The standard InChI is InChI=1S/C18H15FN2O4/c19-12-4-3-5-13(10-12)20-16(22)11-24-18(23)9-8-17-21-14-6-1-2-7-15(14)25-17/h1-7,10H,8-9,11H2,(H,20,22). The van der Waals surface area contributed by atoms with E-state index in [2.05, 4.69) is 10.3 Å². The van der Waals surface area contributed by atoms with Crippen LogP contribution < -0.4 is 5.32 Å². The van der Waals surface area contributed by atoms with E-state index in [1.54, 1.807) is 6.07 Å². The van der Waals surface area contributed by atoms with E-state index in [4.69, 9.17) is 9.15 Å². The Morgan fingerprint density at radius 2 is 2.00 bits per heavy atom. The number of anilines is 1. The Morgan fingerprint density at radius 1 is 1.16 bits per heavy atom. The Kier molecular flexibility index (Phi) is 5.03. The van der Waals surface area contributed by atoms with Crippen LogP contribution in [0.2, 0.25) is 0 Å². The van der Waals surface area contributed by atoms with Gasteiger partial charge in [-0.2, -0.15) is 0 Å². The molecule has 25 heavy (non-hydrogen) atoms. The second-order valence-corrected chi connectivity index (χ2v) is 5.29. The molecule has 0 spiro atoms. The van der Waals surface area contributed by atoms with Gasteiger partial charge in [0.25, 0.3) is 5.91 Å². The van der Waals surface area contributed by atoms with Crippen molar-refractivity contribution in [3.8, 4) is 0 Å². The van der Waals surface area contributed by atoms with Crippen molar-refractivity contribution in [2.24, 2.45) is 0 Å². The lowest BCUT2D eigenvalue weighted by Gasteiger charge is -2.06. The first-order valence-electron chi connectivity index (χ1n) is 7.65. The normalized spacial score (nSPS) is 10.6. The van der Waals surface area contributed by atoms with Crippen molar-refractivity contribution in [1.82, 2.24) is 4.98 Å². The van der Waals surface area contributed by atoms with Gasteiger partial charge in [-0.3, -0.25) is 9.59 Å². The molecular formula is C18H15FN2O4. The van der Waals surface area contributed by atoms with Gasteiger partial charge in [0.15, 0.2) is 18.1 Å². The van der Waals surface area contributed by atoms with Crippen LogP contribution in [-0.4, -0.2) is 23.5 Å². The highest BCUT2D eigenvalue weighted by atomic mass is 19.1. The Bertz CT molecular complexity index is 874. The SMILES string of the molecule is O=C(COC(=O)CCc1nc2ccccc2o1)Nc1cccc(F)c1. The smallest absolute Gasteiger partial charge is 0.306 e. The van der Waals surface area contributed by atoms with Crippen molar-refractivity contribution in [2.75, 3.05) is 11.9 Å². The maximum atomic E-state index is 13.0. The van der Waals surface area contributed by atoms with Gasteiger partial charge in [0.05, 0.1) is 6.42 Å². The molecule has 3 rings (SSSR count). The summed E-state index contributed by atoms with van der Waals surface area (Å²) in [5.41, 5.74) is 1.67. The van der Waals surface area contributed by atoms with Gasteiger partial charge < -0.3 is 14.5 Å². The van der Waals surface area contributed by atoms with Crippen LogP contribution in [-0.2, 0) is 20.7 Å². The Hall–Kier alpha value is -3.22. The number of aromatic nitrogens is 1. The number of hydrogen-bond acceptors (Lipinski definition) is 5. The molecule has 0 saturated carbocycles. The van der Waals surface area contributed by atoms with E-state index in [-0.39, 0.29) is 12.8 Å². The van der Waals surface area contributed by atoms with Crippen LogP contribution >= 0.6 is 0 Å². The summed E-state index contributed by atoms with van der Waals surface area (Å²) in [6, 6.07) is 12.7. The first-order chi connectivity index (χ1) is 12.1. The molecule has 0 radical (unpaired) electrons. The number of ether oxygens (including phenoxy) is 1. The van der Waals surface area contributed by atoms with Gasteiger partial charge in [0.2, 0.25) is 0 Å². The molecule has 0 bridgehead atoms. The van der Waals surface area contributed by atoms with Gasteiger partial charge in [-0.15, -0.1) is 0 Å². The van der Waals surface area contributed by atoms with Crippen molar-refractivity contribution in [2.45, 2.75) is 12.8 Å². The number of para-hydroxylation sites is 2. The summed E-state index contributed by atoms with van der Waals surface area (Å²) >= 11 is 0. The minimum atomic E-state index is -0.545. The highest BCUT2D eigenvalue weighted by Gasteiger charge is 2.11. The zero-order chi connectivity index (χ0) is 17.6. The van der Waals surface area contributed by atoms with Crippen molar-refractivity contribution >= 4 is 28.7 Å². The van der Waals surface area contributed by atoms with E-state index in [0.717, 1.165) is 5.52 Å². The molecule has 0 aliphatic carbocycles. The van der Waals surface area contributed by atoms with Gasteiger partial charge >= 0.3 is 5.97 Å². The molecule has 0 aliphatic heterocycles. The molecule has 0 fully saturated rings. The van der Waals surface area contributed by atoms with E-state index in [0.29, 0.717) is 17.2 Å². The van der Waals surface area contributed by atoms with E-state index in [1.807, 2.05) is 18.2 Å². The molecule has 7 heteroatoms. The number of amides is 1. The summed E-state index contributed by atoms with van der Waals surface area (Å²) in [7, 11) is 0. The number of carbonyl (C=O) groups is 2.